The molecule has 0 aliphatic heterocycles. The molecule has 15 heavy (non-hydrogen) atoms. The molecule has 78 valence electrons. The molecule has 0 N–H and O–H groups in total. The molecule has 1 heterocycles. The van der Waals surface area contributed by atoms with E-state index in [9.17, 15) is 0 Å². The fourth-order valence-electron chi connectivity index (χ4n) is 1.99. The first-order chi connectivity index (χ1) is 7.06. The molecule has 2 heteroatoms. The highest BCUT2D eigenvalue weighted by molar-refractivity contribution is 5.58. The van der Waals surface area contributed by atoms with Crippen LogP contribution in [0.25, 0.3) is 11.4 Å². The van der Waals surface area contributed by atoms with E-state index in [2.05, 4.69) is 41.6 Å². The Kier molecular flexibility index (Phi) is 2.35. The zero-order valence-electron chi connectivity index (χ0n) is 9.70. The molecule has 2 aromatic rings. The second-order valence-corrected chi connectivity index (χ2v) is 4.19. The largest absolute Gasteiger partial charge is 0.334 e. The third-order valence-electron chi connectivity index (χ3n) is 2.48. The third-order valence-corrected chi connectivity index (χ3v) is 2.48. The van der Waals surface area contributed by atoms with Crippen molar-refractivity contribution in [2.75, 3.05) is 0 Å². The lowest BCUT2D eigenvalue weighted by Crippen LogP contribution is -1.92. The van der Waals surface area contributed by atoms with Crippen LogP contribution in [-0.2, 0) is 7.05 Å². The molecule has 1 aromatic carbocycles. The minimum atomic E-state index is 1.04. The van der Waals surface area contributed by atoms with E-state index in [4.69, 9.17) is 0 Å². The van der Waals surface area contributed by atoms with Gasteiger partial charge in [-0.15, -0.1) is 0 Å². The number of aromatic nitrogens is 2. The minimum absolute atomic E-state index is 1.04. The molecule has 0 aliphatic rings. The average Bonchev–Trinajstić information content (AvgIpc) is 2.43. The van der Waals surface area contributed by atoms with Gasteiger partial charge >= 0.3 is 0 Å². The molecule has 0 aliphatic carbocycles. The molecule has 0 amide bonds. The van der Waals surface area contributed by atoms with Gasteiger partial charge in [0, 0.05) is 18.8 Å². The van der Waals surface area contributed by atoms with Crippen LogP contribution in [0.15, 0.2) is 24.4 Å². The molecular formula is C13H16N2. The lowest BCUT2D eigenvalue weighted by atomic mass is 10.1. The first-order valence-corrected chi connectivity index (χ1v) is 5.15. The van der Waals surface area contributed by atoms with Crippen molar-refractivity contribution in [1.29, 1.82) is 0 Å². The number of imidazole rings is 1. The van der Waals surface area contributed by atoms with Gasteiger partial charge in [-0.05, 0) is 32.9 Å². The molecule has 0 atom stereocenters. The van der Waals surface area contributed by atoms with E-state index in [1.165, 1.54) is 16.7 Å². The molecule has 0 saturated heterocycles. The van der Waals surface area contributed by atoms with Crippen LogP contribution >= 0.6 is 0 Å². The molecule has 2 nitrogen and oxygen atoms in total. The fraction of sp³-hybridized carbons (Fsp3) is 0.308. The SMILES string of the molecule is Cc1cc(C)cc(-c2nc(C)cn2C)c1. The maximum absolute atomic E-state index is 4.53. The van der Waals surface area contributed by atoms with Gasteiger partial charge in [0.05, 0.1) is 5.69 Å². The summed E-state index contributed by atoms with van der Waals surface area (Å²) in [5.74, 6) is 1.04. The van der Waals surface area contributed by atoms with Crippen molar-refractivity contribution in [3.8, 4) is 11.4 Å². The standard InChI is InChI=1S/C13H16N2/c1-9-5-10(2)7-12(6-9)13-14-11(3)8-15(13)4/h5-8H,1-4H3. The Labute approximate surface area is 90.6 Å². The first kappa shape index (κ1) is 9.97. The Morgan fingerprint density at radius 3 is 2.07 bits per heavy atom. The third kappa shape index (κ3) is 1.94. The highest BCUT2D eigenvalue weighted by Gasteiger charge is 2.06. The lowest BCUT2D eigenvalue weighted by Gasteiger charge is -2.04. The molecule has 0 fully saturated rings. The summed E-state index contributed by atoms with van der Waals surface area (Å²) in [6.07, 6.45) is 2.05. The van der Waals surface area contributed by atoms with Crippen LogP contribution in [0.5, 0.6) is 0 Å². The molecule has 0 bridgehead atoms. The van der Waals surface area contributed by atoms with Crippen molar-refractivity contribution in [2.45, 2.75) is 20.8 Å². The van der Waals surface area contributed by atoms with Gasteiger partial charge in [0.15, 0.2) is 0 Å². The second kappa shape index (κ2) is 3.54. The van der Waals surface area contributed by atoms with Gasteiger partial charge in [-0.3, -0.25) is 0 Å². The Bertz CT molecular complexity index is 475. The molecular weight excluding hydrogens is 184 g/mol. The fourth-order valence-corrected chi connectivity index (χ4v) is 1.99. The minimum Gasteiger partial charge on any atom is -0.334 e. The maximum atomic E-state index is 4.53. The zero-order chi connectivity index (χ0) is 11.0. The second-order valence-electron chi connectivity index (χ2n) is 4.19. The summed E-state index contributed by atoms with van der Waals surface area (Å²) in [5, 5.41) is 0. The van der Waals surface area contributed by atoms with Gasteiger partial charge in [0.2, 0.25) is 0 Å². The van der Waals surface area contributed by atoms with Crippen LogP contribution < -0.4 is 0 Å². The smallest absolute Gasteiger partial charge is 0.139 e. The van der Waals surface area contributed by atoms with Gasteiger partial charge in [0.1, 0.15) is 5.82 Å². The highest BCUT2D eigenvalue weighted by atomic mass is 15.0. The van der Waals surface area contributed by atoms with Crippen LogP contribution in [0.2, 0.25) is 0 Å². The Hall–Kier alpha value is -1.57. The summed E-state index contributed by atoms with van der Waals surface area (Å²) >= 11 is 0. The average molecular weight is 200 g/mol. The first-order valence-electron chi connectivity index (χ1n) is 5.15. The summed E-state index contributed by atoms with van der Waals surface area (Å²) in [6, 6.07) is 6.53. The monoisotopic (exact) mass is 200 g/mol. The summed E-state index contributed by atoms with van der Waals surface area (Å²) in [4.78, 5) is 4.53. The molecule has 0 unspecified atom stereocenters. The Morgan fingerprint density at radius 1 is 1.00 bits per heavy atom. The van der Waals surface area contributed by atoms with Crippen molar-refractivity contribution < 1.29 is 0 Å². The number of hydrogen-bond donors (Lipinski definition) is 0. The van der Waals surface area contributed by atoms with E-state index in [0.717, 1.165) is 11.5 Å². The summed E-state index contributed by atoms with van der Waals surface area (Å²) in [7, 11) is 2.03. The van der Waals surface area contributed by atoms with Crippen molar-refractivity contribution >= 4 is 0 Å². The predicted octanol–water partition coefficient (Wildman–Crippen LogP) is 3.01. The molecule has 0 radical (unpaired) electrons. The van der Waals surface area contributed by atoms with E-state index in [-0.39, 0.29) is 0 Å². The van der Waals surface area contributed by atoms with Crippen LogP contribution in [0, 0.1) is 20.8 Å². The van der Waals surface area contributed by atoms with Crippen molar-refractivity contribution in [3.05, 3.63) is 41.2 Å². The lowest BCUT2D eigenvalue weighted by molar-refractivity contribution is 0.923. The number of rotatable bonds is 1. The van der Waals surface area contributed by atoms with Crippen LogP contribution in [0.4, 0.5) is 0 Å². The molecule has 2 rings (SSSR count). The van der Waals surface area contributed by atoms with Crippen molar-refractivity contribution in [1.82, 2.24) is 9.55 Å². The normalized spacial score (nSPS) is 10.7. The van der Waals surface area contributed by atoms with Crippen LogP contribution in [0.3, 0.4) is 0 Å². The van der Waals surface area contributed by atoms with Gasteiger partial charge in [0.25, 0.3) is 0 Å². The van der Waals surface area contributed by atoms with Crippen molar-refractivity contribution in [2.24, 2.45) is 7.05 Å². The van der Waals surface area contributed by atoms with Gasteiger partial charge < -0.3 is 4.57 Å². The zero-order valence-corrected chi connectivity index (χ0v) is 9.70. The van der Waals surface area contributed by atoms with Gasteiger partial charge in [-0.2, -0.15) is 0 Å². The van der Waals surface area contributed by atoms with E-state index in [1.807, 2.05) is 20.2 Å². The summed E-state index contributed by atoms with van der Waals surface area (Å²) < 4.78 is 2.07. The van der Waals surface area contributed by atoms with E-state index in [0.29, 0.717) is 0 Å². The highest BCUT2D eigenvalue weighted by Crippen LogP contribution is 2.20. The van der Waals surface area contributed by atoms with Gasteiger partial charge in [-0.1, -0.05) is 17.2 Å². The Balaban J connectivity index is 2.58. The summed E-state index contributed by atoms with van der Waals surface area (Å²) in [5.41, 5.74) is 4.83. The van der Waals surface area contributed by atoms with Crippen LogP contribution in [0.1, 0.15) is 16.8 Å². The molecule has 1 aromatic heterocycles. The number of aryl methyl sites for hydroxylation is 4. The molecule has 0 saturated carbocycles. The summed E-state index contributed by atoms with van der Waals surface area (Å²) in [6.45, 7) is 6.25. The van der Waals surface area contributed by atoms with E-state index in [1.54, 1.807) is 0 Å². The maximum Gasteiger partial charge on any atom is 0.139 e. The van der Waals surface area contributed by atoms with E-state index >= 15 is 0 Å². The predicted molar refractivity (Wildman–Crippen MR) is 62.9 cm³/mol. The quantitative estimate of drug-likeness (QED) is 0.692. The molecule has 0 spiro atoms. The number of nitrogens with zero attached hydrogens (tertiary/aromatic N) is 2. The number of hydrogen-bond acceptors (Lipinski definition) is 1. The number of benzene rings is 1. The Morgan fingerprint density at radius 2 is 1.60 bits per heavy atom. The topological polar surface area (TPSA) is 17.8 Å². The van der Waals surface area contributed by atoms with Gasteiger partial charge in [-0.25, -0.2) is 4.98 Å². The van der Waals surface area contributed by atoms with Crippen molar-refractivity contribution in [3.63, 3.8) is 0 Å². The van der Waals surface area contributed by atoms with E-state index < -0.39 is 0 Å². The van der Waals surface area contributed by atoms with Crippen LogP contribution in [-0.4, -0.2) is 9.55 Å².